The molecule has 0 fully saturated rings. The number of para-hydroxylation sites is 1. The molecule has 0 spiro atoms. The van der Waals surface area contributed by atoms with Gasteiger partial charge in [-0.25, -0.2) is 0 Å². The highest BCUT2D eigenvalue weighted by molar-refractivity contribution is 7.00. The molecule has 1 aromatic heterocycles. The summed E-state index contributed by atoms with van der Waals surface area (Å²) >= 11 is 0. The van der Waals surface area contributed by atoms with Gasteiger partial charge in [-0.05, 0) is 82.5 Å². The second kappa shape index (κ2) is 6.16. The van der Waals surface area contributed by atoms with Crippen LogP contribution in [0.1, 0.15) is 11.1 Å². The zero-order valence-corrected chi connectivity index (χ0v) is 18.9. The molecule has 0 aliphatic carbocycles. The largest absolute Gasteiger partial charge is 0.458 e. The Balaban J connectivity index is 1.37. The van der Waals surface area contributed by atoms with E-state index in [1.54, 1.807) is 0 Å². The molecule has 0 unspecified atom stereocenters. The summed E-state index contributed by atoms with van der Waals surface area (Å²) in [6, 6.07) is 35.2. The third-order valence-electron chi connectivity index (χ3n) is 8.07. The first-order chi connectivity index (χ1) is 17.3. The van der Waals surface area contributed by atoms with Crippen molar-refractivity contribution in [3.63, 3.8) is 0 Å². The Morgan fingerprint density at radius 1 is 0.629 bits per heavy atom. The lowest BCUT2D eigenvalue weighted by Crippen LogP contribution is -2.63. The van der Waals surface area contributed by atoms with Gasteiger partial charge in [0, 0.05) is 38.9 Å². The molecule has 162 valence electrons. The van der Waals surface area contributed by atoms with Crippen molar-refractivity contribution in [3.05, 3.63) is 108 Å². The van der Waals surface area contributed by atoms with Gasteiger partial charge in [-0.2, -0.15) is 0 Å². The van der Waals surface area contributed by atoms with Crippen LogP contribution in [0.4, 0.5) is 17.1 Å². The Labute approximate surface area is 202 Å². The maximum Gasteiger partial charge on any atom is 0.257 e. The number of H-pyrrole nitrogens is 1. The van der Waals surface area contributed by atoms with Gasteiger partial charge in [-0.3, -0.25) is 0 Å². The second-order valence-corrected chi connectivity index (χ2v) is 9.82. The summed E-state index contributed by atoms with van der Waals surface area (Å²) in [5.41, 5.74) is 12.8. The highest BCUT2D eigenvalue weighted by atomic mass is 16.5. The number of ether oxygens (including phenoxy) is 1. The lowest BCUT2D eigenvalue weighted by Gasteiger charge is -2.43. The smallest absolute Gasteiger partial charge is 0.257 e. The molecule has 0 saturated heterocycles. The Kier molecular flexibility index (Phi) is 3.16. The molecule has 4 heteroatoms. The average molecular weight is 446 g/mol. The van der Waals surface area contributed by atoms with Crippen LogP contribution in [0.2, 0.25) is 0 Å². The molecule has 0 radical (unpaired) electrons. The number of nitrogens with one attached hydrogen (secondary N) is 1. The van der Waals surface area contributed by atoms with Gasteiger partial charge < -0.3 is 14.6 Å². The topological polar surface area (TPSA) is 28.3 Å². The maximum absolute atomic E-state index is 6.52. The van der Waals surface area contributed by atoms with Crippen LogP contribution in [0, 0.1) is 0 Å². The van der Waals surface area contributed by atoms with E-state index >= 15 is 0 Å². The van der Waals surface area contributed by atoms with Crippen molar-refractivity contribution < 1.29 is 4.74 Å². The molecule has 0 bridgehead atoms. The summed E-state index contributed by atoms with van der Waals surface area (Å²) in [4.78, 5) is 6.01. The summed E-state index contributed by atoms with van der Waals surface area (Å²) in [6.45, 7) is 0.217. The normalized spacial score (nSPS) is 14.3. The van der Waals surface area contributed by atoms with Crippen molar-refractivity contribution in [2.45, 2.75) is 6.42 Å². The molecule has 3 aliphatic heterocycles. The van der Waals surface area contributed by atoms with Crippen molar-refractivity contribution in [3.8, 4) is 11.5 Å². The Bertz CT molecular complexity index is 1810. The van der Waals surface area contributed by atoms with Crippen LogP contribution in [0.5, 0.6) is 11.5 Å². The fraction of sp³-hybridized carbons (Fsp3) is 0.0323. The lowest BCUT2D eigenvalue weighted by molar-refractivity contribution is 0.487. The number of rotatable bonds is 1. The fourth-order valence-electron chi connectivity index (χ4n) is 6.69. The van der Waals surface area contributed by atoms with E-state index in [1.165, 1.54) is 60.9 Å². The average Bonchev–Trinajstić information content (AvgIpc) is 3.27. The maximum atomic E-state index is 6.52. The molecule has 3 nitrogen and oxygen atoms in total. The number of anilines is 3. The van der Waals surface area contributed by atoms with Crippen LogP contribution in [0.3, 0.4) is 0 Å². The molecule has 1 N–H and O–H groups in total. The molecule has 35 heavy (non-hydrogen) atoms. The zero-order valence-electron chi connectivity index (χ0n) is 18.9. The second-order valence-electron chi connectivity index (χ2n) is 9.82. The molecule has 6 aromatic rings. The summed E-state index contributed by atoms with van der Waals surface area (Å²) < 4.78 is 6.52. The third-order valence-corrected chi connectivity index (χ3v) is 8.07. The monoisotopic (exact) mass is 446 g/mol. The van der Waals surface area contributed by atoms with Crippen molar-refractivity contribution in [1.29, 1.82) is 0 Å². The van der Waals surface area contributed by atoms with Gasteiger partial charge in [-0.1, -0.05) is 48.5 Å². The number of aromatic amines is 1. The summed E-state index contributed by atoms with van der Waals surface area (Å²) in [5.74, 6) is 1.98. The molecule has 0 atom stereocenters. The SMILES string of the molecule is c1cc2c3c(c1)Oc1cccc4c1B3c1c(cccc1N4c1ccc3[nH]c4ccccc4c3c1)C2. The van der Waals surface area contributed by atoms with Crippen LogP contribution in [0.15, 0.2) is 97.1 Å². The van der Waals surface area contributed by atoms with Crippen molar-refractivity contribution in [1.82, 2.24) is 4.98 Å². The standard InChI is InChI=1S/C31H19BN2O/c1-2-9-23-21(8-1)22-17-20(14-15-24(22)33-23)34-25-10-3-6-18-16-19-7-4-12-27-30(19)32(29(18)25)31-26(34)11-5-13-28(31)35-27/h1-15,17,33H,16H2. The van der Waals surface area contributed by atoms with Gasteiger partial charge in [0.15, 0.2) is 0 Å². The van der Waals surface area contributed by atoms with Gasteiger partial charge >= 0.3 is 0 Å². The van der Waals surface area contributed by atoms with Gasteiger partial charge in [0.05, 0.1) is 0 Å². The van der Waals surface area contributed by atoms with Gasteiger partial charge in [-0.15, -0.1) is 0 Å². The zero-order chi connectivity index (χ0) is 22.7. The minimum atomic E-state index is 0.217. The van der Waals surface area contributed by atoms with Gasteiger partial charge in [0.25, 0.3) is 6.71 Å². The minimum Gasteiger partial charge on any atom is -0.458 e. The number of fused-ring (bicyclic) bond motifs is 3. The lowest BCUT2D eigenvalue weighted by atomic mass is 9.31. The first-order valence-electron chi connectivity index (χ1n) is 12.2. The van der Waals surface area contributed by atoms with Crippen LogP contribution in [-0.2, 0) is 6.42 Å². The van der Waals surface area contributed by atoms with E-state index in [4.69, 9.17) is 4.74 Å². The van der Waals surface area contributed by atoms with Crippen LogP contribution < -0.4 is 26.0 Å². The predicted octanol–water partition coefficient (Wildman–Crippen LogP) is 5.63. The molecule has 0 amide bonds. The highest BCUT2D eigenvalue weighted by Gasteiger charge is 2.45. The number of hydrogen-bond donors (Lipinski definition) is 1. The van der Waals surface area contributed by atoms with Crippen molar-refractivity contribution in [2.24, 2.45) is 0 Å². The van der Waals surface area contributed by atoms with Crippen molar-refractivity contribution >= 4 is 62.0 Å². The fourth-order valence-corrected chi connectivity index (χ4v) is 6.69. The van der Waals surface area contributed by atoms with E-state index < -0.39 is 0 Å². The quantitative estimate of drug-likeness (QED) is 0.331. The molecular weight excluding hydrogens is 427 g/mol. The van der Waals surface area contributed by atoms with Crippen LogP contribution in [0.25, 0.3) is 21.8 Å². The summed E-state index contributed by atoms with van der Waals surface area (Å²) in [6.07, 6.45) is 0.943. The number of aromatic nitrogens is 1. The number of benzene rings is 5. The minimum absolute atomic E-state index is 0.217. The predicted molar refractivity (Wildman–Crippen MR) is 144 cm³/mol. The Morgan fingerprint density at radius 2 is 1.34 bits per heavy atom. The van der Waals surface area contributed by atoms with E-state index in [-0.39, 0.29) is 6.71 Å². The van der Waals surface area contributed by atoms with E-state index in [1.807, 2.05) is 0 Å². The summed E-state index contributed by atoms with van der Waals surface area (Å²) in [7, 11) is 0. The molecular formula is C31H19BN2O. The third kappa shape index (κ3) is 2.18. The molecule has 0 saturated carbocycles. The van der Waals surface area contributed by atoms with E-state index in [0.717, 1.165) is 23.4 Å². The molecule has 3 aliphatic rings. The molecule has 9 rings (SSSR count). The Hall–Kier alpha value is -4.44. The van der Waals surface area contributed by atoms with Gasteiger partial charge in [0.1, 0.15) is 11.5 Å². The van der Waals surface area contributed by atoms with Gasteiger partial charge in [0.2, 0.25) is 0 Å². The highest BCUT2D eigenvalue weighted by Crippen LogP contribution is 2.43. The Morgan fingerprint density at radius 3 is 2.26 bits per heavy atom. The van der Waals surface area contributed by atoms with Crippen LogP contribution in [-0.4, -0.2) is 11.7 Å². The number of hydrogen-bond acceptors (Lipinski definition) is 2. The first-order valence-corrected chi connectivity index (χ1v) is 12.2. The molecule has 5 aromatic carbocycles. The summed E-state index contributed by atoms with van der Waals surface area (Å²) in [5, 5.41) is 2.50. The van der Waals surface area contributed by atoms with Crippen molar-refractivity contribution in [2.75, 3.05) is 4.90 Å². The van der Waals surface area contributed by atoms with E-state index in [0.29, 0.717) is 0 Å². The van der Waals surface area contributed by atoms with Crippen LogP contribution >= 0.6 is 0 Å². The first kappa shape index (κ1) is 18.0. The molecule has 4 heterocycles. The van der Waals surface area contributed by atoms with E-state index in [2.05, 4.69) is 107 Å². The number of nitrogens with zero attached hydrogens (tertiary/aromatic N) is 1. The van der Waals surface area contributed by atoms with E-state index in [9.17, 15) is 0 Å².